The van der Waals surface area contributed by atoms with Gasteiger partial charge in [-0.2, -0.15) is 13.2 Å². The van der Waals surface area contributed by atoms with Crippen LogP contribution < -0.4 is 5.32 Å². The van der Waals surface area contributed by atoms with Gasteiger partial charge >= 0.3 is 6.18 Å². The van der Waals surface area contributed by atoms with E-state index in [0.29, 0.717) is 32.1 Å². The molecular weight excluding hydrogens is 369 g/mol. The Labute approximate surface area is 165 Å². The van der Waals surface area contributed by atoms with Crippen molar-refractivity contribution in [3.63, 3.8) is 0 Å². The predicted molar refractivity (Wildman–Crippen MR) is 100 cm³/mol. The van der Waals surface area contributed by atoms with Gasteiger partial charge in [-0.1, -0.05) is 6.92 Å². The van der Waals surface area contributed by atoms with Crippen LogP contribution in [0.2, 0.25) is 0 Å². The summed E-state index contributed by atoms with van der Waals surface area (Å²) < 4.78 is 41.6. The van der Waals surface area contributed by atoms with Crippen molar-refractivity contribution in [3.8, 4) is 0 Å². The number of nitrogens with zero attached hydrogens (tertiary/aromatic N) is 1. The molecule has 0 bridgehead atoms. The minimum absolute atomic E-state index is 0.00708. The van der Waals surface area contributed by atoms with Crippen molar-refractivity contribution >= 4 is 11.8 Å². The van der Waals surface area contributed by atoms with E-state index in [1.54, 1.807) is 25.7 Å². The Kier molecular flexibility index (Phi) is 5.29. The van der Waals surface area contributed by atoms with E-state index >= 15 is 0 Å². The number of halogens is 3. The standard InChI is InChI=1S/C21H33F3N2O2/c1-19(2,3)25-18(28)17-12-6-9-15-20(4,11-10-16(27)26(15)5)13(12)7-8-14(17)21(22,23)24/h12-15,17H,6-11H2,1-5H3,(H,25,28)/t12?,13?,14?,15?,17?,20-/m1/s1. The Morgan fingerprint density at radius 1 is 1.14 bits per heavy atom. The highest BCUT2D eigenvalue weighted by Crippen LogP contribution is 2.60. The molecule has 0 aromatic rings. The van der Waals surface area contributed by atoms with Gasteiger partial charge in [0, 0.05) is 25.0 Å². The minimum atomic E-state index is -4.37. The van der Waals surface area contributed by atoms with Crippen molar-refractivity contribution in [1.29, 1.82) is 0 Å². The van der Waals surface area contributed by atoms with Crippen LogP contribution in [-0.4, -0.2) is 41.5 Å². The highest BCUT2D eigenvalue weighted by molar-refractivity contribution is 5.80. The predicted octanol–water partition coefficient (Wildman–Crippen LogP) is 4.14. The monoisotopic (exact) mass is 402 g/mol. The topological polar surface area (TPSA) is 49.4 Å². The number of rotatable bonds is 1. The average Bonchev–Trinajstić information content (AvgIpc) is 2.55. The van der Waals surface area contributed by atoms with Crippen molar-refractivity contribution < 1.29 is 22.8 Å². The molecule has 3 aliphatic rings. The summed E-state index contributed by atoms with van der Waals surface area (Å²) in [7, 11) is 1.82. The summed E-state index contributed by atoms with van der Waals surface area (Å²) >= 11 is 0. The third-order valence-corrected chi connectivity index (χ3v) is 7.54. The van der Waals surface area contributed by atoms with E-state index in [0.717, 1.165) is 0 Å². The molecule has 2 saturated carbocycles. The van der Waals surface area contributed by atoms with Crippen LogP contribution in [0.25, 0.3) is 0 Å². The van der Waals surface area contributed by atoms with Gasteiger partial charge in [0.05, 0.1) is 11.8 Å². The second-order valence-corrected chi connectivity index (χ2v) is 10.4. The van der Waals surface area contributed by atoms with E-state index in [9.17, 15) is 22.8 Å². The summed E-state index contributed by atoms with van der Waals surface area (Å²) in [5, 5.41) is 2.82. The first-order valence-corrected chi connectivity index (χ1v) is 10.4. The van der Waals surface area contributed by atoms with Gasteiger partial charge in [-0.3, -0.25) is 9.59 Å². The maximum atomic E-state index is 13.9. The lowest BCUT2D eigenvalue weighted by atomic mass is 9.49. The third kappa shape index (κ3) is 3.65. The van der Waals surface area contributed by atoms with Gasteiger partial charge in [0.25, 0.3) is 0 Å². The zero-order chi connectivity index (χ0) is 21.1. The molecule has 5 unspecified atom stereocenters. The molecular formula is C21H33F3N2O2. The molecule has 0 aromatic heterocycles. The lowest BCUT2D eigenvalue weighted by Crippen LogP contribution is -2.63. The number of likely N-dealkylation sites (tertiary alicyclic amines) is 1. The first-order chi connectivity index (χ1) is 12.8. The van der Waals surface area contributed by atoms with Gasteiger partial charge < -0.3 is 10.2 Å². The van der Waals surface area contributed by atoms with Gasteiger partial charge in [0.15, 0.2) is 0 Å². The summed E-state index contributed by atoms with van der Waals surface area (Å²) in [6.07, 6.45) is -1.53. The van der Waals surface area contributed by atoms with Crippen molar-refractivity contribution in [1.82, 2.24) is 10.2 Å². The molecule has 3 rings (SSSR count). The normalized spacial score (nSPS) is 39.2. The second-order valence-electron chi connectivity index (χ2n) is 10.4. The summed E-state index contributed by atoms with van der Waals surface area (Å²) in [5.74, 6) is -3.22. The van der Waals surface area contributed by atoms with Crippen LogP contribution in [0.1, 0.15) is 66.2 Å². The summed E-state index contributed by atoms with van der Waals surface area (Å²) in [6, 6.07) is 0.0590. The van der Waals surface area contributed by atoms with Crippen molar-refractivity contribution in [3.05, 3.63) is 0 Å². The lowest BCUT2D eigenvalue weighted by Gasteiger charge is -2.60. The first kappa shape index (κ1) is 21.4. The molecule has 2 aliphatic carbocycles. The number of piperidine rings is 1. The Morgan fingerprint density at radius 3 is 2.36 bits per heavy atom. The van der Waals surface area contributed by atoms with Crippen molar-refractivity contribution in [2.75, 3.05) is 7.05 Å². The molecule has 28 heavy (non-hydrogen) atoms. The number of carbonyl (C=O) groups excluding carboxylic acids is 2. The van der Waals surface area contributed by atoms with E-state index in [4.69, 9.17) is 0 Å². The molecule has 3 fully saturated rings. The fourth-order valence-corrected chi connectivity index (χ4v) is 6.34. The molecule has 1 heterocycles. The van der Waals surface area contributed by atoms with E-state index in [1.165, 1.54) is 0 Å². The van der Waals surface area contributed by atoms with Crippen LogP contribution in [0.15, 0.2) is 0 Å². The van der Waals surface area contributed by atoms with Gasteiger partial charge in [-0.15, -0.1) is 0 Å². The highest BCUT2D eigenvalue weighted by Gasteiger charge is 2.61. The summed E-state index contributed by atoms with van der Waals surface area (Å²) in [5.41, 5.74) is -0.791. The minimum Gasteiger partial charge on any atom is -0.351 e. The molecule has 0 radical (unpaired) electrons. The van der Waals surface area contributed by atoms with Crippen LogP contribution in [0.5, 0.6) is 0 Å². The smallest absolute Gasteiger partial charge is 0.351 e. The van der Waals surface area contributed by atoms with Crippen molar-refractivity contribution in [2.24, 2.45) is 29.1 Å². The summed E-state index contributed by atoms with van der Waals surface area (Å²) in [4.78, 5) is 27.0. The Hall–Kier alpha value is -1.27. The zero-order valence-electron chi connectivity index (χ0n) is 17.5. The molecule has 7 heteroatoms. The fraction of sp³-hybridized carbons (Fsp3) is 0.905. The second kappa shape index (κ2) is 6.91. The molecule has 0 aromatic carbocycles. The SMILES string of the molecule is CN1C(=O)CC[C@]2(C)C3CCC(C(F)(F)F)C(C(=O)NC(C)(C)C)C3CCC12. The largest absolute Gasteiger partial charge is 0.392 e. The maximum Gasteiger partial charge on any atom is 0.392 e. The number of alkyl halides is 3. The number of carbonyl (C=O) groups is 2. The highest BCUT2D eigenvalue weighted by atomic mass is 19.4. The molecule has 160 valence electrons. The Balaban J connectivity index is 1.95. The van der Waals surface area contributed by atoms with E-state index in [2.05, 4.69) is 12.2 Å². The van der Waals surface area contributed by atoms with Crippen LogP contribution in [0.3, 0.4) is 0 Å². The molecule has 2 amide bonds. The van der Waals surface area contributed by atoms with Crippen LogP contribution in [0, 0.1) is 29.1 Å². The number of nitrogens with one attached hydrogen (secondary N) is 1. The number of amides is 2. The van der Waals surface area contributed by atoms with Crippen molar-refractivity contribution in [2.45, 2.75) is 84.0 Å². The third-order valence-electron chi connectivity index (χ3n) is 7.54. The molecule has 1 aliphatic heterocycles. The molecule has 6 atom stereocenters. The zero-order valence-corrected chi connectivity index (χ0v) is 17.5. The molecule has 1 N–H and O–H groups in total. The van der Waals surface area contributed by atoms with Crippen LogP contribution >= 0.6 is 0 Å². The van der Waals surface area contributed by atoms with Gasteiger partial charge in [-0.25, -0.2) is 0 Å². The van der Waals surface area contributed by atoms with E-state index < -0.39 is 29.5 Å². The van der Waals surface area contributed by atoms with Crippen LogP contribution in [0.4, 0.5) is 13.2 Å². The quantitative estimate of drug-likeness (QED) is 0.717. The molecule has 0 spiro atoms. The summed E-state index contributed by atoms with van der Waals surface area (Å²) in [6.45, 7) is 7.53. The number of hydrogen-bond acceptors (Lipinski definition) is 2. The fourth-order valence-electron chi connectivity index (χ4n) is 6.34. The van der Waals surface area contributed by atoms with Gasteiger partial charge in [0.2, 0.25) is 11.8 Å². The van der Waals surface area contributed by atoms with Gasteiger partial charge in [-0.05, 0) is 70.1 Å². The Morgan fingerprint density at radius 2 is 1.79 bits per heavy atom. The first-order valence-electron chi connectivity index (χ1n) is 10.4. The van der Waals surface area contributed by atoms with E-state index in [1.807, 2.05) is 7.05 Å². The molecule has 1 saturated heterocycles. The van der Waals surface area contributed by atoms with E-state index in [-0.39, 0.29) is 35.6 Å². The lowest BCUT2D eigenvalue weighted by molar-refractivity contribution is -0.221. The number of fused-ring (bicyclic) bond motifs is 3. The van der Waals surface area contributed by atoms with Gasteiger partial charge in [0.1, 0.15) is 0 Å². The molecule has 4 nitrogen and oxygen atoms in total. The Bertz CT molecular complexity index is 643. The van der Waals surface area contributed by atoms with Crippen LogP contribution in [-0.2, 0) is 9.59 Å². The maximum absolute atomic E-state index is 13.9. The number of hydrogen-bond donors (Lipinski definition) is 1. The average molecular weight is 403 g/mol.